The zero-order chi connectivity index (χ0) is 16.5. The lowest BCUT2D eigenvalue weighted by Gasteiger charge is -2.29. The third-order valence-electron chi connectivity index (χ3n) is 4.12. The molecule has 6 nitrogen and oxygen atoms in total. The molecule has 23 heavy (non-hydrogen) atoms. The monoisotopic (exact) mass is 318 g/mol. The first-order valence-electron chi connectivity index (χ1n) is 8.31. The van der Waals surface area contributed by atoms with Crippen molar-refractivity contribution in [2.75, 3.05) is 0 Å². The van der Waals surface area contributed by atoms with Crippen LogP contribution in [0.3, 0.4) is 0 Å². The van der Waals surface area contributed by atoms with Crippen LogP contribution in [0.25, 0.3) is 0 Å². The fraction of sp³-hybridized carbons (Fsp3) is 0.588. The van der Waals surface area contributed by atoms with Crippen LogP contribution in [0, 0.1) is 0 Å². The maximum absolute atomic E-state index is 12.0. The van der Waals surface area contributed by atoms with E-state index >= 15 is 0 Å². The molecule has 1 aliphatic carbocycles. The number of hydrogen-bond acceptors (Lipinski definition) is 4. The van der Waals surface area contributed by atoms with Crippen molar-refractivity contribution in [2.24, 2.45) is 0 Å². The number of nitrogens with zero attached hydrogens (tertiary/aromatic N) is 2. The first-order chi connectivity index (χ1) is 11.2. The summed E-state index contributed by atoms with van der Waals surface area (Å²) in [5.74, 6) is 0.567. The molecule has 1 atom stereocenters. The molecular weight excluding hydrogens is 292 g/mol. The number of carbonyl (C=O) groups is 1. The number of amides is 2. The molecule has 2 amide bonds. The van der Waals surface area contributed by atoms with Crippen molar-refractivity contribution in [3.63, 3.8) is 0 Å². The van der Waals surface area contributed by atoms with Crippen molar-refractivity contribution in [3.05, 3.63) is 31.2 Å². The Kier molecular flexibility index (Phi) is 6.84. The standard InChI is InChI=1S/C17H26N4O2/c1-3-5-13(4-2)20-17(22)21-14-6-8-15(9-7-14)23-16-12-18-10-11-19-16/h3,10-15H,1,4-9H2,2H3,(H2,20,21,22)/t13-,14?,15?/m0/s1. The number of carbonyl (C=O) groups excluding carboxylic acids is 1. The highest BCUT2D eigenvalue weighted by Crippen LogP contribution is 2.22. The molecule has 2 N–H and O–H groups in total. The molecule has 1 aromatic rings. The van der Waals surface area contributed by atoms with E-state index in [1.165, 1.54) is 0 Å². The average molecular weight is 318 g/mol. The van der Waals surface area contributed by atoms with Gasteiger partial charge in [0.15, 0.2) is 0 Å². The summed E-state index contributed by atoms with van der Waals surface area (Å²) in [6, 6.07) is 0.277. The number of rotatable bonds is 7. The summed E-state index contributed by atoms with van der Waals surface area (Å²) in [4.78, 5) is 20.1. The number of urea groups is 1. The first-order valence-corrected chi connectivity index (χ1v) is 8.31. The van der Waals surface area contributed by atoms with Gasteiger partial charge in [-0.15, -0.1) is 6.58 Å². The summed E-state index contributed by atoms with van der Waals surface area (Å²) in [5, 5.41) is 6.05. The van der Waals surface area contributed by atoms with Crippen LogP contribution < -0.4 is 15.4 Å². The smallest absolute Gasteiger partial charge is 0.315 e. The number of nitrogens with one attached hydrogen (secondary N) is 2. The normalized spacial score (nSPS) is 22.0. The van der Waals surface area contributed by atoms with Gasteiger partial charge in [0.2, 0.25) is 5.88 Å². The number of ether oxygens (including phenoxy) is 1. The van der Waals surface area contributed by atoms with E-state index in [1.807, 2.05) is 6.08 Å². The Labute approximate surface area is 137 Å². The van der Waals surface area contributed by atoms with E-state index in [9.17, 15) is 4.79 Å². The second kappa shape index (κ2) is 9.12. The number of hydrogen-bond donors (Lipinski definition) is 2. The van der Waals surface area contributed by atoms with Gasteiger partial charge in [0, 0.05) is 24.5 Å². The van der Waals surface area contributed by atoms with Crippen LogP contribution in [-0.4, -0.2) is 34.2 Å². The second-order valence-electron chi connectivity index (χ2n) is 5.88. The molecule has 1 aliphatic rings. The zero-order valence-electron chi connectivity index (χ0n) is 13.7. The van der Waals surface area contributed by atoms with Gasteiger partial charge in [0.05, 0.1) is 6.20 Å². The Bertz CT molecular complexity index is 487. The van der Waals surface area contributed by atoms with E-state index < -0.39 is 0 Å². The molecule has 1 fully saturated rings. The summed E-state index contributed by atoms with van der Waals surface area (Å²) in [6.45, 7) is 5.78. The lowest BCUT2D eigenvalue weighted by molar-refractivity contribution is 0.134. The maximum atomic E-state index is 12.0. The Morgan fingerprint density at radius 3 is 2.83 bits per heavy atom. The quantitative estimate of drug-likeness (QED) is 0.758. The van der Waals surface area contributed by atoms with E-state index in [0.717, 1.165) is 38.5 Å². The summed E-state index contributed by atoms with van der Waals surface area (Å²) >= 11 is 0. The summed E-state index contributed by atoms with van der Waals surface area (Å²) in [6.07, 6.45) is 12.2. The van der Waals surface area contributed by atoms with E-state index in [2.05, 4.69) is 34.1 Å². The highest BCUT2D eigenvalue weighted by atomic mass is 16.5. The molecule has 6 heteroatoms. The topological polar surface area (TPSA) is 76.1 Å². The molecule has 1 heterocycles. The molecule has 1 aromatic heterocycles. The zero-order valence-corrected chi connectivity index (χ0v) is 13.7. The molecule has 2 rings (SSSR count). The highest BCUT2D eigenvalue weighted by Gasteiger charge is 2.24. The molecule has 0 saturated heterocycles. The van der Waals surface area contributed by atoms with Gasteiger partial charge >= 0.3 is 6.03 Å². The van der Waals surface area contributed by atoms with Crippen LogP contribution in [0.4, 0.5) is 4.79 Å². The van der Waals surface area contributed by atoms with Crippen LogP contribution >= 0.6 is 0 Å². The number of aromatic nitrogens is 2. The predicted octanol–water partition coefficient (Wildman–Crippen LogP) is 2.82. The maximum Gasteiger partial charge on any atom is 0.315 e. The van der Waals surface area contributed by atoms with Gasteiger partial charge in [0.1, 0.15) is 6.10 Å². The van der Waals surface area contributed by atoms with Crippen LogP contribution in [0.5, 0.6) is 5.88 Å². The largest absolute Gasteiger partial charge is 0.473 e. The van der Waals surface area contributed by atoms with Crippen molar-refractivity contribution in [2.45, 2.75) is 63.6 Å². The second-order valence-corrected chi connectivity index (χ2v) is 5.88. The molecule has 0 radical (unpaired) electrons. The average Bonchev–Trinajstić information content (AvgIpc) is 2.57. The Hall–Kier alpha value is -2.11. The molecule has 0 unspecified atom stereocenters. The van der Waals surface area contributed by atoms with E-state index in [-0.39, 0.29) is 24.2 Å². The third-order valence-corrected chi connectivity index (χ3v) is 4.12. The summed E-state index contributed by atoms with van der Waals surface area (Å²) in [7, 11) is 0. The SMILES string of the molecule is C=CC[C@H](CC)NC(=O)NC1CCC(Oc2cnccn2)CC1. The van der Waals surface area contributed by atoms with Crippen LogP contribution in [0.1, 0.15) is 45.4 Å². The van der Waals surface area contributed by atoms with Gasteiger partial charge in [-0.05, 0) is 38.5 Å². The van der Waals surface area contributed by atoms with Crippen molar-refractivity contribution >= 4 is 6.03 Å². The third kappa shape index (κ3) is 5.88. The Morgan fingerprint density at radius 1 is 1.43 bits per heavy atom. The van der Waals surface area contributed by atoms with Crippen LogP contribution in [0.15, 0.2) is 31.2 Å². The summed E-state index contributed by atoms with van der Waals surface area (Å²) in [5.41, 5.74) is 0. The fourth-order valence-corrected chi connectivity index (χ4v) is 2.78. The van der Waals surface area contributed by atoms with Crippen molar-refractivity contribution in [1.82, 2.24) is 20.6 Å². The van der Waals surface area contributed by atoms with Gasteiger partial charge < -0.3 is 15.4 Å². The van der Waals surface area contributed by atoms with Crippen molar-refractivity contribution in [3.8, 4) is 5.88 Å². The molecular formula is C17H26N4O2. The lowest BCUT2D eigenvalue weighted by atomic mass is 9.93. The fourth-order valence-electron chi connectivity index (χ4n) is 2.78. The minimum atomic E-state index is -0.0861. The van der Waals surface area contributed by atoms with Crippen LogP contribution in [-0.2, 0) is 0 Å². The first kappa shape index (κ1) is 17.2. The van der Waals surface area contributed by atoms with Crippen LogP contribution in [0.2, 0.25) is 0 Å². The van der Waals surface area contributed by atoms with E-state index in [1.54, 1.807) is 18.6 Å². The molecule has 0 bridgehead atoms. The van der Waals surface area contributed by atoms with Crippen molar-refractivity contribution < 1.29 is 9.53 Å². The molecule has 0 aliphatic heterocycles. The van der Waals surface area contributed by atoms with Gasteiger partial charge in [-0.2, -0.15) is 0 Å². The minimum Gasteiger partial charge on any atom is -0.473 e. The van der Waals surface area contributed by atoms with E-state index in [4.69, 9.17) is 4.74 Å². The van der Waals surface area contributed by atoms with Gasteiger partial charge in [-0.25, -0.2) is 9.78 Å². The minimum absolute atomic E-state index is 0.0861. The van der Waals surface area contributed by atoms with Gasteiger partial charge in [-0.1, -0.05) is 13.0 Å². The van der Waals surface area contributed by atoms with E-state index in [0.29, 0.717) is 5.88 Å². The Morgan fingerprint density at radius 2 is 2.22 bits per heavy atom. The Balaban J connectivity index is 1.70. The molecule has 126 valence electrons. The summed E-state index contributed by atoms with van der Waals surface area (Å²) < 4.78 is 5.81. The predicted molar refractivity (Wildman–Crippen MR) is 89.3 cm³/mol. The van der Waals surface area contributed by atoms with Gasteiger partial charge in [-0.3, -0.25) is 4.98 Å². The molecule has 0 spiro atoms. The highest BCUT2D eigenvalue weighted by molar-refractivity contribution is 5.74. The van der Waals surface area contributed by atoms with Crippen molar-refractivity contribution in [1.29, 1.82) is 0 Å². The molecule has 1 saturated carbocycles. The van der Waals surface area contributed by atoms with Gasteiger partial charge in [0.25, 0.3) is 0 Å². The molecule has 0 aromatic carbocycles. The lowest BCUT2D eigenvalue weighted by Crippen LogP contribution is -2.47.